The molecule has 1 aromatic heterocycles. The topological polar surface area (TPSA) is 84.5 Å². The highest BCUT2D eigenvalue weighted by Gasteiger charge is 2.23. The number of amides is 3. The maximum absolute atomic E-state index is 12.2. The van der Waals surface area contributed by atoms with E-state index in [-0.39, 0.29) is 0 Å². The molecular formula is C17H20N2O4S. The van der Waals surface area contributed by atoms with E-state index in [0.717, 1.165) is 10.1 Å². The second-order valence-corrected chi connectivity index (χ2v) is 7.47. The minimum atomic E-state index is -1.08. The van der Waals surface area contributed by atoms with Crippen LogP contribution in [0.5, 0.6) is 0 Å². The van der Waals surface area contributed by atoms with E-state index in [2.05, 4.69) is 10.6 Å². The Morgan fingerprint density at radius 2 is 1.83 bits per heavy atom. The van der Waals surface area contributed by atoms with Gasteiger partial charge in [-0.25, -0.2) is 9.59 Å². The van der Waals surface area contributed by atoms with Gasteiger partial charge in [-0.05, 0) is 45.2 Å². The van der Waals surface area contributed by atoms with Gasteiger partial charge in [-0.15, -0.1) is 11.3 Å². The average molecular weight is 348 g/mol. The molecule has 7 heteroatoms. The Hall–Kier alpha value is -2.41. The van der Waals surface area contributed by atoms with E-state index in [9.17, 15) is 14.4 Å². The normalized spacial score (nSPS) is 12.5. The Morgan fingerprint density at radius 1 is 1.17 bits per heavy atom. The standard InChI is InChI=1S/C17H20N2O4S/c1-10(14(20)18-16(22)19-17(2,3)4)23-15(21)13-9-11-7-5-6-8-12(11)24-13/h5-10H,1-4H3,(H2,18,19,20,22)/t10-/m1/s1. The molecule has 0 aliphatic carbocycles. The lowest BCUT2D eigenvalue weighted by Gasteiger charge is -2.21. The first-order valence-electron chi connectivity index (χ1n) is 7.48. The number of esters is 1. The lowest BCUT2D eigenvalue weighted by molar-refractivity contribution is -0.127. The van der Waals surface area contributed by atoms with Crippen LogP contribution in [0.15, 0.2) is 30.3 Å². The summed E-state index contributed by atoms with van der Waals surface area (Å²) < 4.78 is 6.10. The van der Waals surface area contributed by atoms with Gasteiger partial charge in [-0.3, -0.25) is 10.1 Å². The molecule has 0 unspecified atom stereocenters. The molecule has 0 fully saturated rings. The number of carbonyl (C=O) groups excluding carboxylic acids is 3. The van der Waals surface area contributed by atoms with Crippen molar-refractivity contribution in [2.45, 2.75) is 39.3 Å². The van der Waals surface area contributed by atoms with Crippen LogP contribution in [0, 0.1) is 0 Å². The first-order chi connectivity index (χ1) is 11.2. The summed E-state index contributed by atoms with van der Waals surface area (Å²) >= 11 is 1.30. The molecule has 0 saturated heterocycles. The summed E-state index contributed by atoms with van der Waals surface area (Å²) in [6.07, 6.45) is -1.08. The van der Waals surface area contributed by atoms with E-state index in [0.29, 0.717) is 4.88 Å². The van der Waals surface area contributed by atoms with Crippen LogP contribution in [0.4, 0.5) is 4.79 Å². The first-order valence-corrected chi connectivity index (χ1v) is 8.30. The quantitative estimate of drug-likeness (QED) is 0.835. The Balaban J connectivity index is 1.95. The monoisotopic (exact) mass is 348 g/mol. The minimum Gasteiger partial charge on any atom is -0.448 e. The van der Waals surface area contributed by atoms with Gasteiger partial charge in [0.2, 0.25) is 0 Å². The molecule has 0 spiro atoms. The third-order valence-corrected chi connectivity index (χ3v) is 4.10. The van der Waals surface area contributed by atoms with Crippen molar-refractivity contribution in [3.63, 3.8) is 0 Å². The highest BCUT2D eigenvalue weighted by atomic mass is 32.1. The number of hydrogen-bond donors (Lipinski definition) is 2. The van der Waals surface area contributed by atoms with Crippen molar-refractivity contribution in [2.24, 2.45) is 0 Å². The van der Waals surface area contributed by atoms with Crippen molar-refractivity contribution in [2.75, 3.05) is 0 Å². The molecule has 2 aromatic rings. The van der Waals surface area contributed by atoms with Crippen molar-refractivity contribution in [3.05, 3.63) is 35.2 Å². The fourth-order valence-corrected chi connectivity index (χ4v) is 2.89. The van der Waals surface area contributed by atoms with Gasteiger partial charge in [0, 0.05) is 10.2 Å². The molecule has 0 bridgehead atoms. The number of thiophene rings is 1. The Labute approximate surface area is 144 Å². The zero-order chi connectivity index (χ0) is 17.9. The van der Waals surface area contributed by atoms with Gasteiger partial charge in [0.1, 0.15) is 4.88 Å². The molecule has 2 rings (SSSR count). The van der Waals surface area contributed by atoms with Crippen molar-refractivity contribution < 1.29 is 19.1 Å². The van der Waals surface area contributed by atoms with Gasteiger partial charge in [0.05, 0.1) is 0 Å². The van der Waals surface area contributed by atoms with Crippen molar-refractivity contribution in [1.82, 2.24) is 10.6 Å². The highest BCUT2D eigenvalue weighted by Crippen LogP contribution is 2.26. The second kappa shape index (κ2) is 7.00. The van der Waals surface area contributed by atoms with Crippen LogP contribution in [-0.2, 0) is 9.53 Å². The number of fused-ring (bicyclic) bond motifs is 1. The number of imide groups is 1. The van der Waals surface area contributed by atoms with E-state index < -0.39 is 29.6 Å². The molecular weight excluding hydrogens is 328 g/mol. The molecule has 3 amide bonds. The van der Waals surface area contributed by atoms with Crippen LogP contribution in [-0.4, -0.2) is 29.6 Å². The first kappa shape index (κ1) is 17.9. The Bertz CT molecular complexity index is 743. The van der Waals surface area contributed by atoms with Crippen LogP contribution in [0.3, 0.4) is 0 Å². The number of ether oxygens (including phenoxy) is 1. The number of hydrogen-bond acceptors (Lipinski definition) is 5. The second-order valence-electron chi connectivity index (χ2n) is 6.39. The van der Waals surface area contributed by atoms with Crippen LogP contribution < -0.4 is 10.6 Å². The van der Waals surface area contributed by atoms with Crippen LogP contribution in [0.2, 0.25) is 0 Å². The van der Waals surface area contributed by atoms with E-state index >= 15 is 0 Å². The molecule has 1 aromatic carbocycles. The molecule has 2 N–H and O–H groups in total. The number of nitrogens with one attached hydrogen (secondary N) is 2. The molecule has 1 heterocycles. The van der Waals surface area contributed by atoms with Crippen LogP contribution in [0.25, 0.3) is 10.1 Å². The zero-order valence-electron chi connectivity index (χ0n) is 14.0. The Morgan fingerprint density at radius 3 is 2.46 bits per heavy atom. The van der Waals surface area contributed by atoms with E-state index in [4.69, 9.17) is 4.74 Å². The average Bonchev–Trinajstić information content (AvgIpc) is 2.88. The number of urea groups is 1. The van der Waals surface area contributed by atoms with Gasteiger partial charge in [0.25, 0.3) is 5.91 Å². The van der Waals surface area contributed by atoms with Crippen LogP contribution in [0.1, 0.15) is 37.4 Å². The van der Waals surface area contributed by atoms with E-state index in [1.54, 1.807) is 26.8 Å². The van der Waals surface area contributed by atoms with Crippen molar-refractivity contribution >= 4 is 39.3 Å². The van der Waals surface area contributed by atoms with Gasteiger partial charge in [0.15, 0.2) is 6.10 Å². The van der Waals surface area contributed by atoms with Gasteiger partial charge < -0.3 is 10.1 Å². The fraction of sp³-hybridized carbons (Fsp3) is 0.353. The Kier molecular flexibility index (Phi) is 5.23. The van der Waals surface area contributed by atoms with Crippen LogP contribution >= 0.6 is 11.3 Å². The van der Waals surface area contributed by atoms with E-state index in [1.165, 1.54) is 18.3 Å². The minimum absolute atomic E-state index is 0.412. The number of rotatable bonds is 3. The van der Waals surface area contributed by atoms with Gasteiger partial charge in [-0.2, -0.15) is 0 Å². The molecule has 1 atom stereocenters. The van der Waals surface area contributed by atoms with Crippen molar-refractivity contribution in [3.8, 4) is 0 Å². The van der Waals surface area contributed by atoms with Gasteiger partial charge in [-0.1, -0.05) is 18.2 Å². The summed E-state index contributed by atoms with van der Waals surface area (Å²) in [6.45, 7) is 6.80. The third-order valence-electron chi connectivity index (χ3n) is 3.01. The SMILES string of the molecule is C[C@@H](OC(=O)c1cc2ccccc2s1)C(=O)NC(=O)NC(C)(C)C. The van der Waals surface area contributed by atoms with Gasteiger partial charge >= 0.3 is 12.0 Å². The number of benzene rings is 1. The molecule has 24 heavy (non-hydrogen) atoms. The summed E-state index contributed by atoms with van der Waals surface area (Å²) in [7, 11) is 0. The maximum Gasteiger partial charge on any atom is 0.349 e. The molecule has 0 aliphatic heterocycles. The summed E-state index contributed by atoms with van der Waals surface area (Å²) in [6, 6.07) is 8.67. The summed E-state index contributed by atoms with van der Waals surface area (Å²) in [5, 5.41) is 5.70. The lowest BCUT2D eigenvalue weighted by atomic mass is 10.1. The molecule has 0 aliphatic rings. The smallest absolute Gasteiger partial charge is 0.349 e. The molecule has 6 nitrogen and oxygen atoms in total. The summed E-state index contributed by atoms with van der Waals surface area (Å²) in [5.41, 5.74) is -0.471. The van der Waals surface area contributed by atoms with E-state index in [1.807, 2.05) is 24.3 Å². The lowest BCUT2D eigenvalue weighted by Crippen LogP contribution is -2.50. The summed E-state index contributed by atoms with van der Waals surface area (Å²) in [4.78, 5) is 36.2. The van der Waals surface area contributed by atoms with Crippen molar-refractivity contribution in [1.29, 1.82) is 0 Å². The molecule has 0 radical (unpaired) electrons. The predicted octanol–water partition coefficient (Wildman–Crippen LogP) is 3.07. The summed E-state index contributed by atoms with van der Waals surface area (Å²) in [5.74, 6) is -1.26. The largest absolute Gasteiger partial charge is 0.448 e. The number of carbonyl (C=O) groups is 3. The fourth-order valence-electron chi connectivity index (χ4n) is 1.94. The molecule has 128 valence electrons. The predicted molar refractivity (Wildman–Crippen MR) is 93.1 cm³/mol. The maximum atomic E-state index is 12.2. The highest BCUT2D eigenvalue weighted by molar-refractivity contribution is 7.20. The zero-order valence-corrected chi connectivity index (χ0v) is 14.8. The third kappa shape index (κ3) is 4.79. The molecule has 0 saturated carbocycles.